The first-order valence-electron chi connectivity index (χ1n) is 9.16. The maximum absolute atomic E-state index is 12.3. The Morgan fingerprint density at radius 1 is 1.03 bits per heavy atom. The van der Waals surface area contributed by atoms with E-state index in [0.717, 1.165) is 0 Å². The first-order chi connectivity index (χ1) is 14.0. The molecule has 0 aliphatic heterocycles. The molecule has 1 aromatic heterocycles. The summed E-state index contributed by atoms with van der Waals surface area (Å²) in [6, 6.07) is 12.3. The highest BCUT2D eigenvalue weighted by atomic mass is 35.5. The number of benzene rings is 2. The van der Waals surface area contributed by atoms with Gasteiger partial charge in [0, 0.05) is 22.7 Å². The molecular weight excluding hydrogens is 396 g/mol. The summed E-state index contributed by atoms with van der Waals surface area (Å²) < 4.78 is 16.1. The molecule has 0 saturated heterocycles. The number of esters is 1. The Balaban J connectivity index is 1.62. The number of aromatic nitrogens is 1. The second kappa shape index (κ2) is 9.34. The largest absolute Gasteiger partial charge is 0.490 e. The van der Waals surface area contributed by atoms with Gasteiger partial charge in [0.25, 0.3) is 5.91 Å². The van der Waals surface area contributed by atoms with Crippen LogP contribution in [0.25, 0.3) is 10.9 Å². The number of fused-ring (bicyclic) bond motifs is 1. The summed E-state index contributed by atoms with van der Waals surface area (Å²) in [5.74, 6) is -0.0820. The van der Waals surface area contributed by atoms with E-state index >= 15 is 0 Å². The third-order valence-corrected chi connectivity index (χ3v) is 4.40. The molecule has 0 aliphatic carbocycles. The second-order valence-electron chi connectivity index (χ2n) is 6.01. The quantitative estimate of drug-likeness (QED) is 0.531. The van der Waals surface area contributed by atoms with Crippen molar-refractivity contribution < 1.29 is 23.8 Å². The monoisotopic (exact) mass is 416 g/mol. The zero-order chi connectivity index (χ0) is 20.8. The molecule has 2 aromatic carbocycles. The van der Waals surface area contributed by atoms with Crippen molar-refractivity contribution in [1.29, 1.82) is 0 Å². The van der Waals surface area contributed by atoms with E-state index in [0.29, 0.717) is 41.3 Å². The summed E-state index contributed by atoms with van der Waals surface area (Å²) in [6.07, 6.45) is 0. The molecule has 8 heteroatoms. The molecule has 29 heavy (non-hydrogen) atoms. The number of hydrogen-bond donors (Lipinski definition) is 2. The van der Waals surface area contributed by atoms with E-state index in [1.165, 1.54) is 0 Å². The number of H-pyrrole nitrogens is 1. The smallest absolute Gasteiger partial charge is 0.356 e. The van der Waals surface area contributed by atoms with E-state index in [9.17, 15) is 9.59 Å². The molecule has 0 radical (unpaired) electrons. The van der Waals surface area contributed by atoms with Gasteiger partial charge in [-0.15, -0.1) is 0 Å². The van der Waals surface area contributed by atoms with Gasteiger partial charge in [-0.3, -0.25) is 4.79 Å². The lowest BCUT2D eigenvalue weighted by atomic mass is 10.2. The molecule has 0 fully saturated rings. The summed E-state index contributed by atoms with van der Waals surface area (Å²) in [4.78, 5) is 27.4. The van der Waals surface area contributed by atoms with Crippen LogP contribution >= 0.6 is 11.6 Å². The highest BCUT2D eigenvalue weighted by Gasteiger charge is 2.19. The van der Waals surface area contributed by atoms with Crippen molar-refractivity contribution in [3.63, 3.8) is 0 Å². The number of nitrogens with one attached hydrogen (secondary N) is 2. The Hall–Kier alpha value is -3.19. The molecule has 0 atom stereocenters. The van der Waals surface area contributed by atoms with Crippen molar-refractivity contribution in [3.05, 3.63) is 53.2 Å². The number of aromatic amines is 1. The van der Waals surface area contributed by atoms with E-state index in [4.69, 9.17) is 25.8 Å². The number of carbonyl (C=O) groups excluding carboxylic acids is 2. The molecule has 0 saturated carbocycles. The van der Waals surface area contributed by atoms with Gasteiger partial charge in [-0.25, -0.2) is 4.79 Å². The minimum absolute atomic E-state index is 0.111. The van der Waals surface area contributed by atoms with Crippen LogP contribution in [0, 0.1) is 0 Å². The van der Waals surface area contributed by atoms with Gasteiger partial charge in [-0.2, -0.15) is 0 Å². The van der Waals surface area contributed by atoms with Crippen molar-refractivity contribution in [2.45, 2.75) is 13.8 Å². The van der Waals surface area contributed by atoms with Gasteiger partial charge in [-0.05, 0) is 32.0 Å². The maximum Gasteiger partial charge on any atom is 0.356 e. The number of carbonyl (C=O) groups is 2. The molecule has 1 heterocycles. The predicted octanol–water partition coefficient (Wildman–Crippen LogP) is 4.41. The SMILES string of the molecule is CCOc1ccc(NC(=O)COC(=O)c2[nH]c3ccccc3c2Cl)cc1OCC. The normalized spacial score (nSPS) is 10.6. The van der Waals surface area contributed by atoms with Crippen molar-refractivity contribution in [3.8, 4) is 11.5 Å². The number of halogens is 1. The van der Waals surface area contributed by atoms with E-state index in [-0.39, 0.29) is 10.7 Å². The molecule has 0 spiro atoms. The van der Waals surface area contributed by atoms with Crippen LogP contribution in [0.2, 0.25) is 5.02 Å². The lowest BCUT2D eigenvalue weighted by Gasteiger charge is -2.13. The van der Waals surface area contributed by atoms with Gasteiger partial charge in [0.2, 0.25) is 0 Å². The third-order valence-electron chi connectivity index (χ3n) is 4.01. The molecule has 3 aromatic rings. The van der Waals surface area contributed by atoms with Crippen LogP contribution in [0.3, 0.4) is 0 Å². The summed E-state index contributed by atoms with van der Waals surface area (Å²) in [6.45, 7) is 4.23. The van der Waals surface area contributed by atoms with Gasteiger partial charge in [-0.1, -0.05) is 29.8 Å². The van der Waals surface area contributed by atoms with Gasteiger partial charge < -0.3 is 24.5 Å². The molecule has 1 amide bonds. The van der Waals surface area contributed by atoms with Crippen LogP contribution in [0.15, 0.2) is 42.5 Å². The van der Waals surface area contributed by atoms with Crippen molar-refractivity contribution >= 4 is 40.1 Å². The van der Waals surface area contributed by atoms with Crippen molar-refractivity contribution in [2.75, 3.05) is 25.1 Å². The van der Waals surface area contributed by atoms with E-state index in [2.05, 4.69) is 10.3 Å². The summed E-state index contributed by atoms with van der Waals surface area (Å²) >= 11 is 6.23. The number of amides is 1. The Kier molecular flexibility index (Phi) is 6.61. The first-order valence-corrected chi connectivity index (χ1v) is 9.54. The summed E-state index contributed by atoms with van der Waals surface area (Å²) in [5.41, 5.74) is 1.33. The lowest BCUT2D eigenvalue weighted by Crippen LogP contribution is -2.21. The molecule has 0 aliphatic rings. The van der Waals surface area contributed by atoms with E-state index in [1.54, 1.807) is 30.3 Å². The molecular formula is C21H21ClN2O5. The average Bonchev–Trinajstić information content (AvgIpc) is 3.05. The summed E-state index contributed by atoms with van der Waals surface area (Å²) in [5, 5.41) is 3.64. The minimum Gasteiger partial charge on any atom is -0.490 e. The minimum atomic E-state index is -0.706. The van der Waals surface area contributed by atoms with Gasteiger partial charge in [0.05, 0.1) is 18.2 Å². The predicted molar refractivity (Wildman–Crippen MR) is 111 cm³/mol. The van der Waals surface area contributed by atoms with Crippen LogP contribution in [0.1, 0.15) is 24.3 Å². The number of para-hydroxylation sites is 1. The maximum atomic E-state index is 12.3. The molecule has 7 nitrogen and oxygen atoms in total. The molecule has 2 N–H and O–H groups in total. The fourth-order valence-corrected chi connectivity index (χ4v) is 3.07. The van der Waals surface area contributed by atoms with Crippen LogP contribution in [-0.4, -0.2) is 36.7 Å². The van der Waals surface area contributed by atoms with Crippen LogP contribution in [-0.2, 0) is 9.53 Å². The van der Waals surface area contributed by atoms with Crippen LogP contribution in [0.5, 0.6) is 11.5 Å². The standard InChI is InChI=1S/C21H21ClN2O5/c1-3-27-16-10-9-13(11-17(16)28-4-2)23-18(25)12-29-21(26)20-19(22)14-7-5-6-8-15(14)24-20/h5-11,24H,3-4,12H2,1-2H3,(H,23,25). The highest BCUT2D eigenvalue weighted by molar-refractivity contribution is 6.38. The molecule has 152 valence electrons. The van der Waals surface area contributed by atoms with Crippen molar-refractivity contribution in [1.82, 2.24) is 4.98 Å². The fourth-order valence-electron chi connectivity index (χ4n) is 2.78. The first kappa shape index (κ1) is 20.5. The third kappa shape index (κ3) is 4.81. The zero-order valence-corrected chi connectivity index (χ0v) is 16.8. The number of ether oxygens (including phenoxy) is 3. The van der Waals surface area contributed by atoms with E-state index in [1.807, 2.05) is 26.0 Å². The van der Waals surface area contributed by atoms with Gasteiger partial charge >= 0.3 is 5.97 Å². The Bertz CT molecular complexity index is 1030. The zero-order valence-electron chi connectivity index (χ0n) is 16.1. The average molecular weight is 417 g/mol. The molecule has 3 rings (SSSR count). The van der Waals surface area contributed by atoms with Crippen LogP contribution in [0.4, 0.5) is 5.69 Å². The molecule has 0 bridgehead atoms. The summed E-state index contributed by atoms with van der Waals surface area (Å²) in [7, 11) is 0. The number of hydrogen-bond acceptors (Lipinski definition) is 5. The van der Waals surface area contributed by atoms with Crippen molar-refractivity contribution in [2.24, 2.45) is 0 Å². The van der Waals surface area contributed by atoms with Gasteiger partial charge in [0.15, 0.2) is 18.1 Å². The fraction of sp³-hybridized carbons (Fsp3) is 0.238. The van der Waals surface area contributed by atoms with E-state index < -0.39 is 18.5 Å². The Labute approximate surface area is 172 Å². The molecule has 0 unspecified atom stereocenters. The number of anilines is 1. The van der Waals surface area contributed by atoms with Gasteiger partial charge in [0.1, 0.15) is 5.69 Å². The number of rotatable bonds is 8. The Morgan fingerprint density at radius 2 is 1.76 bits per heavy atom. The second-order valence-corrected chi connectivity index (χ2v) is 6.39. The lowest BCUT2D eigenvalue weighted by molar-refractivity contribution is -0.119. The Morgan fingerprint density at radius 3 is 2.48 bits per heavy atom. The van der Waals surface area contributed by atoms with Crippen LogP contribution < -0.4 is 14.8 Å². The highest BCUT2D eigenvalue weighted by Crippen LogP contribution is 2.31. The topological polar surface area (TPSA) is 89.6 Å².